The molecule has 0 bridgehead atoms. The molecule has 0 radical (unpaired) electrons. The van der Waals surface area contributed by atoms with E-state index in [1.807, 2.05) is 47.8 Å². The minimum atomic E-state index is -1.04. The van der Waals surface area contributed by atoms with Crippen LogP contribution in [-0.2, 0) is 16.1 Å². The van der Waals surface area contributed by atoms with E-state index in [-0.39, 0.29) is 18.5 Å². The van der Waals surface area contributed by atoms with E-state index in [1.165, 1.54) is 21.0 Å². The molecule has 1 aliphatic rings. The molecular weight excluding hydrogens is 490 g/mol. The van der Waals surface area contributed by atoms with Crippen LogP contribution >= 0.6 is 11.3 Å². The van der Waals surface area contributed by atoms with E-state index in [9.17, 15) is 9.59 Å². The van der Waals surface area contributed by atoms with E-state index >= 15 is 0 Å². The molecule has 4 aromatic heterocycles. The number of carbonyl (C=O) groups is 2. The number of hydrogen-bond acceptors (Lipinski definition) is 8. The number of nitrogens with one attached hydrogen (secondary N) is 1. The lowest BCUT2D eigenvalue weighted by Gasteiger charge is -2.29. The SMILES string of the molecule is Cc1ccc(C(C(=O)NC2CC2)N(C(=O)Cn2nnc(-c3cccs3)n2)c2cnc3ccccc3c2)o1. The van der Waals surface area contributed by atoms with Gasteiger partial charge in [0.15, 0.2) is 6.04 Å². The van der Waals surface area contributed by atoms with Crippen molar-refractivity contribution in [2.75, 3.05) is 4.90 Å². The van der Waals surface area contributed by atoms with Crippen LogP contribution in [0.4, 0.5) is 5.69 Å². The molecule has 1 aliphatic carbocycles. The molecule has 1 atom stereocenters. The quantitative estimate of drug-likeness (QED) is 0.334. The molecule has 2 amide bonds. The number of aromatic nitrogens is 5. The van der Waals surface area contributed by atoms with Gasteiger partial charge in [-0.1, -0.05) is 24.3 Å². The molecule has 1 N–H and O–H groups in total. The number of carbonyl (C=O) groups excluding carboxylic acids is 2. The zero-order chi connectivity index (χ0) is 25.4. The molecule has 0 saturated heterocycles. The summed E-state index contributed by atoms with van der Waals surface area (Å²) < 4.78 is 5.89. The van der Waals surface area contributed by atoms with Gasteiger partial charge in [0.1, 0.15) is 18.1 Å². The average Bonchev–Trinajstić information content (AvgIpc) is 3.28. The van der Waals surface area contributed by atoms with Gasteiger partial charge in [0.2, 0.25) is 5.82 Å². The van der Waals surface area contributed by atoms with Crippen molar-refractivity contribution in [1.82, 2.24) is 30.5 Å². The predicted octanol–water partition coefficient (Wildman–Crippen LogP) is 3.90. The van der Waals surface area contributed by atoms with Gasteiger partial charge in [-0.15, -0.1) is 21.5 Å². The van der Waals surface area contributed by atoms with Gasteiger partial charge in [-0.2, -0.15) is 4.80 Å². The standard InChI is InChI=1S/C26H23N7O3S/c1-16-8-11-21(36-16)24(26(35)28-18-9-10-18)33(19-13-17-5-2-3-6-20(17)27-14-19)23(34)15-32-30-25(29-31-32)22-7-4-12-37-22/h2-8,11-14,18,24H,9-10,15H2,1H3,(H,28,35). The average molecular weight is 514 g/mol. The highest BCUT2D eigenvalue weighted by Crippen LogP contribution is 2.32. The second kappa shape index (κ2) is 9.58. The molecule has 0 spiro atoms. The van der Waals surface area contributed by atoms with E-state index in [4.69, 9.17) is 4.42 Å². The topological polar surface area (TPSA) is 119 Å². The summed E-state index contributed by atoms with van der Waals surface area (Å²) in [4.78, 5) is 35.5. The van der Waals surface area contributed by atoms with Crippen LogP contribution < -0.4 is 10.2 Å². The van der Waals surface area contributed by atoms with Crippen LogP contribution in [0.15, 0.2) is 70.6 Å². The number of tetrazole rings is 1. The van der Waals surface area contributed by atoms with Gasteiger partial charge in [0.05, 0.1) is 22.3 Å². The second-order valence-corrected chi connectivity index (χ2v) is 9.85. The van der Waals surface area contributed by atoms with E-state index < -0.39 is 11.9 Å². The Balaban J connectivity index is 1.40. The molecule has 1 unspecified atom stereocenters. The Morgan fingerprint density at radius 3 is 2.81 bits per heavy atom. The Labute approximate surface area is 215 Å². The van der Waals surface area contributed by atoms with Gasteiger partial charge in [-0.25, -0.2) is 0 Å². The molecule has 186 valence electrons. The molecule has 11 heteroatoms. The summed E-state index contributed by atoms with van der Waals surface area (Å²) in [6.07, 6.45) is 3.42. The summed E-state index contributed by atoms with van der Waals surface area (Å²) in [5, 5.41) is 18.3. The van der Waals surface area contributed by atoms with Crippen molar-refractivity contribution in [2.24, 2.45) is 0 Å². The molecule has 1 saturated carbocycles. The molecule has 1 aromatic carbocycles. The summed E-state index contributed by atoms with van der Waals surface area (Å²) in [7, 11) is 0. The lowest BCUT2D eigenvalue weighted by molar-refractivity contribution is -0.127. The van der Waals surface area contributed by atoms with Gasteiger partial charge in [-0.05, 0) is 60.7 Å². The normalized spacial score (nSPS) is 14.0. The monoisotopic (exact) mass is 513 g/mol. The Bertz CT molecular complexity index is 1570. The maximum atomic E-state index is 13.9. The molecule has 5 aromatic rings. The number of anilines is 1. The highest BCUT2D eigenvalue weighted by molar-refractivity contribution is 7.13. The minimum absolute atomic E-state index is 0.100. The second-order valence-electron chi connectivity index (χ2n) is 8.90. The first-order valence-corrected chi connectivity index (χ1v) is 12.8. The van der Waals surface area contributed by atoms with Crippen LogP contribution in [0.3, 0.4) is 0 Å². The zero-order valence-electron chi connectivity index (χ0n) is 19.9. The van der Waals surface area contributed by atoms with Crippen LogP contribution in [-0.4, -0.2) is 43.0 Å². The summed E-state index contributed by atoms with van der Waals surface area (Å²) >= 11 is 1.49. The van der Waals surface area contributed by atoms with Crippen LogP contribution in [0.2, 0.25) is 0 Å². The number of rotatable bonds is 8. The summed E-state index contributed by atoms with van der Waals surface area (Å²) in [6, 6.07) is 15.8. The maximum Gasteiger partial charge on any atom is 0.251 e. The van der Waals surface area contributed by atoms with Crippen LogP contribution in [0.1, 0.15) is 30.4 Å². The summed E-state index contributed by atoms with van der Waals surface area (Å²) in [5.41, 5.74) is 1.25. The summed E-state index contributed by atoms with van der Waals surface area (Å²) in [5.74, 6) is 0.720. The van der Waals surface area contributed by atoms with Crippen molar-refractivity contribution >= 4 is 39.7 Å². The molecule has 4 heterocycles. The highest BCUT2D eigenvalue weighted by atomic mass is 32.1. The fourth-order valence-electron chi connectivity index (χ4n) is 4.12. The number of fused-ring (bicyclic) bond motifs is 1. The molecule has 1 fully saturated rings. The first kappa shape index (κ1) is 23.0. The van der Waals surface area contributed by atoms with Crippen molar-refractivity contribution in [3.63, 3.8) is 0 Å². The number of aryl methyl sites for hydroxylation is 1. The van der Waals surface area contributed by atoms with Crippen molar-refractivity contribution in [3.05, 3.63) is 77.7 Å². The third kappa shape index (κ3) is 4.85. The number of benzene rings is 1. The van der Waals surface area contributed by atoms with Crippen LogP contribution in [0, 0.1) is 6.92 Å². The Morgan fingerprint density at radius 1 is 1.19 bits per heavy atom. The number of pyridine rings is 1. The number of furan rings is 1. The predicted molar refractivity (Wildman–Crippen MR) is 138 cm³/mol. The number of nitrogens with zero attached hydrogens (tertiary/aromatic N) is 6. The van der Waals surface area contributed by atoms with Crippen molar-refractivity contribution in [1.29, 1.82) is 0 Å². The summed E-state index contributed by atoms with van der Waals surface area (Å²) in [6.45, 7) is 1.58. The van der Waals surface area contributed by atoms with Gasteiger partial charge in [-0.3, -0.25) is 19.5 Å². The molecule has 37 heavy (non-hydrogen) atoms. The third-order valence-electron chi connectivity index (χ3n) is 6.05. The first-order chi connectivity index (χ1) is 18.0. The maximum absolute atomic E-state index is 13.9. The lowest BCUT2D eigenvalue weighted by atomic mass is 10.1. The van der Waals surface area contributed by atoms with Crippen LogP contribution in [0.25, 0.3) is 21.6 Å². The van der Waals surface area contributed by atoms with Gasteiger partial charge >= 0.3 is 0 Å². The first-order valence-electron chi connectivity index (χ1n) is 11.9. The fourth-order valence-corrected chi connectivity index (χ4v) is 4.77. The van der Waals surface area contributed by atoms with E-state index in [2.05, 4.69) is 25.7 Å². The van der Waals surface area contributed by atoms with Gasteiger partial charge < -0.3 is 9.73 Å². The number of thiophene rings is 1. The number of hydrogen-bond donors (Lipinski definition) is 1. The number of para-hydroxylation sites is 1. The molecular formula is C26H23N7O3S. The van der Waals surface area contributed by atoms with E-state index in [0.717, 1.165) is 28.6 Å². The Hall–Kier alpha value is -4.38. The largest absolute Gasteiger partial charge is 0.464 e. The van der Waals surface area contributed by atoms with Crippen LogP contribution in [0.5, 0.6) is 0 Å². The number of amides is 2. The Kier molecular flexibility index (Phi) is 5.97. The van der Waals surface area contributed by atoms with Crippen molar-refractivity contribution in [2.45, 2.75) is 38.4 Å². The smallest absolute Gasteiger partial charge is 0.251 e. The minimum Gasteiger partial charge on any atom is -0.464 e. The van der Waals surface area contributed by atoms with Crippen molar-refractivity contribution in [3.8, 4) is 10.7 Å². The zero-order valence-corrected chi connectivity index (χ0v) is 20.8. The molecule has 10 nitrogen and oxygen atoms in total. The lowest BCUT2D eigenvalue weighted by Crippen LogP contribution is -2.45. The van der Waals surface area contributed by atoms with E-state index in [0.29, 0.717) is 23.0 Å². The highest BCUT2D eigenvalue weighted by Gasteiger charge is 2.38. The van der Waals surface area contributed by atoms with Crippen molar-refractivity contribution < 1.29 is 14.0 Å². The molecule has 6 rings (SSSR count). The van der Waals surface area contributed by atoms with Gasteiger partial charge in [0.25, 0.3) is 11.8 Å². The fraction of sp³-hybridized carbons (Fsp3) is 0.231. The Morgan fingerprint density at radius 2 is 2.05 bits per heavy atom. The van der Waals surface area contributed by atoms with E-state index in [1.54, 1.807) is 25.3 Å². The molecule has 0 aliphatic heterocycles. The van der Waals surface area contributed by atoms with Gasteiger partial charge in [0, 0.05) is 11.4 Å². The third-order valence-corrected chi connectivity index (χ3v) is 6.92.